The summed E-state index contributed by atoms with van der Waals surface area (Å²) in [6.07, 6.45) is 3.82. The van der Waals surface area contributed by atoms with Crippen LogP contribution in [0.1, 0.15) is 38.5 Å². The average Bonchev–Trinajstić information content (AvgIpc) is 3.06. The summed E-state index contributed by atoms with van der Waals surface area (Å²) < 4.78 is 0.930. The zero-order valence-corrected chi connectivity index (χ0v) is 15.9. The van der Waals surface area contributed by atoms with Crippen LogP contribution in [0.4, 0.5) is 5.13 Å². The van der Waals surface area contributed by atoms with Gasteiger partial charge in [-0.2, -0.15) is 0 Å². The number of anilines is 1. The van der Waals surface area contributed by atoms with Gasteiger partial charge in [-0.1, -0.05) is 58.3 Å². The Kier molecular flexibility index (Phi) is 7.96. The van der Waals surface area contributed by atoms with Crippen molar-refractivity contribution in [2.24, 2.45) is 0 Å². The quantitative estimate of drug-likeness (QED) is 0.321. The predicted molar refractivity (Wildman–Crippen MR) is 99.3 cm³/mol. The molecule has 0 unspecified atom stereocenters. The second kappa shape index (κ2) is 10.2. The van der Waals surface area contributed by atoms with Crippen molar-refractivity contribution >= 4 is 44.2 Å². The van der Waals surface area contributed by atoms with Crippen molar-refractivity contribution in [3.05, 3.63) is 28.7 Å². The van der Waals surface area contributed by atoms with Crippen LogP contribution in [0.3, 0.4) is 0 Å². The lowest BCUT2D eigenvalue weighted by molar-refractivity contribution is -0.129. The molecule has 2 amide bonds. The molecule has 134 valence electrons. The van der Waals surface area contributed by atoms with Crippen molar-refractivity contribution in [2.45, 2.75) is 38.5 Å². The molecule has 7 nitrogen and oxygen atoms in total. The molecule has 0 fully saturated rings. The first-order chi connectivity index (χ1) is 12.1. The molecule has 0 radical (unpaired) electrons. The molecule has 1 aromatic carbocycles. The molecule has 0 aliphatic rings. The number of aromatic nitrogens is 2. The van der Waals surface area contributed by atoms with Gasteiger partial charge in [0.05, 0.1) is 0 Å². The van der Waals surface area contributed by atoms with E-state index in [2.05, 4.69) is 31.4 Å². The smallest absolute Gasteiger partial charge is 0.243 e. The van der Waals surface area contributed by atoms with E-state index in [0.717, 1.165) is 34.3 Å². The molecular weight excluding hydrogens is 408 g/mol. The van der Waals surface area contributed by atoms with E-state index in [1.165, 1.54) is 11.3 Å². The highest BCUT2D eigenvalue weighted by Gasteiger charge is 2.11. The van der Waals surface area contributed by atoms with Gasteiger partial charge in [0.25, 0.3) is 0 Å². The number of unbranched alkanes of at least 4 members (excludes halogenated alkanes) is 3. The molecule has 2 rings (SSSR count). The number of nitrogens with zero attached hydrogens (tertiary/aromatic N) is 2. The lowest BCUT2D eigenvalue weighted by Crippen LogP contribution is -2.17. The second-order valence-corrected chi connectivity index (χ2v) is 7.22. The fourth-order valence-electron chi connectivity index (χ4n) is 2.18. The molecule has 0 saturated heterocycles. The van der Waals surface area contributed by atoms with Gasteiger partial charge in [-0.05, 0) is 18.9 Å². The van der Waals surface area contributed by atoms with Crippen LogP contribution in [-0.2, 0) is 9.59 Å². The minimum atomic E-state index is -0.380. The third kappa shape index (κ3) is 6.52. The van der Waals surface area contributed by atoms with Gasteiger partial charge in [-0.15, -0.1) is 10.2 Å². The summed E-state index contributed by atoms with van der Waals surface area (Å²) in [6.45, 7) is 0. The van der Waals surface area contributed by atoms with Gasteiger partial charge in [0.2, 0.25) is 16.9 Å². The summed E-state index contributed by atoms with van der Waals surface area (Å²) in [6, 6.07) is 7.71. The maximum Gasteiger partial charge on any atom is 0.243 e. The molecule has 0 aliphatic carbocycles. The Hall–Kier alpha value is -1.84. The Bertz CT molecular complexity index is 723. The largest absolute Gasteiger partial charge is 0.301 e. The van der Waals surface area contributed by atoms with Gasteiger partial charge in [0, 0.05) is 22.9 Å². The molecule has 9 heteroatoms. The molecule has 0 bridgehead atoms. The number of nitrogens with one attached hydrogen (secondary N) is 2. The van der Waals surface area contributed by atoms with E-state index in [1.54, 1.807) is 5.48 Å². The van der Waals surface area contributed by atoms with Crippen LogP contribution in [0.15, 0.2) is 28.7 Å². The van der Waals surface area contributed by atoms with E-state index in [0.29, 0.717) is 24.4 Å². The number of carbonyl (C=O) groups excluding carboxylic acids is 2. The highest BCUT2D eigenvalue weighted by atomic mass is 79.9. The van der Waals surface area contributed by atoms with Crippen LogP contribution < -0.4 is 10.8 Å². The van der Waals surface area contributed by atoms with Gasteiger partial charge in [-0.25, -0.2) is 5.48 Å². The number of benzene rings is 1. The third-order valence-electron chi connectivity index (χ3n) is 3.46. The first-order valence-electron chi connectivity index (χ1n) is 7.91. The van der Waals surface area contributed by atoms with Crippen LogP contribution in [0.2, 0.25) is 0 Å². The minimum Gasteiger partial charge on any atom is -0.301 e. The second-order valence-electron chi connectivity index (χ2n) is 5.39. The maximum absolute atomic E-state index is 11.9. The monoisotopic (exact) mass is 426 g/mol. The summed E-state index contributed by atoms with van der Waals surface area (Å²) >= 11 is 4.80. The summed E-state index contributed by atoms with van der Waals surface area (Å²) in [4.78, 5) is 22.8. The molecular formula is C16H19BrN4O3S. The topological polar surface area (TPSA) is 104 Å². The Labute approximate surface area is 157 Å². The van der Waals surface area contributed by atoms with E-state index in [1.807, 2.05) is 24.3 Å². The molecule has 2 aromatic rings. The van der Waals surface area contributed by atoms with Crippen LogP contribution in [0, 0.1) is 0 Å². The summed E-state index contributed by atoms with van der Waals surface area (Å²) in [5.74, 6) is -0.474. The van der Waals surface area contributed by atoms with Crippen molar-refractivity contribution in [3.63, 3.8) is 0 Å². The molecule has 0 spiro atoms. The lowest BCUT2D eigenvalue weighted by atomic mass is 10.1. The lowest BCUT2D eigenvalue weighted by Gasteiger charge is -2.02. The first-order valence-corrected chi connectivity index (χ1v) is 9.52. The van der Waals surface area contributed by atoms with E-state index >= 15 is 0 Å². The maximum atomic E-state index is 11.9. The molecule has 1 heterocycles. The minimum absolute atomic E-state index is 0.0945. The van der Waals surface area contributed by atoms with E-state index in [-0.39, 0.29) is 11.8 Å². The summed E-state index contributed by atoms with van der Waals surface area (Å²) in [7, 11) is 0. The number of hydrogen-bond acceptors (Lipinski definition) is 6. The number of halogens is 1. The highest BCUT2D eigenvalue weighted by molar-refractivity contribution is 9.10. The molecule has 0 aliphatic heterocycles. The Morgan fingerprint density at radius 1 is 1.04 bits per heavy atom. The zero-order chi connectivity index (χ0) is 18.1. The van der Waals surface area contributed by atoms with Crippen LogP contribution in [0.5, 0.6) is 0 Å². The SMILES string of the molecule is O=C(CCCCCCC(=O)Nc1nnc(-c2ccccc2Br)s1)NO. The van der Waals surface area contributed by atoms with E-state index in [4.69, 9.17) is 5.21 Å². The number of hydrogen-bond donors (Lipinski definition) is 3. The van der Waals surface area contributed by atoms with Crippen LogP contribution in [-0.4, -0.2) is 27.2 Å². The summed E-state index contributed by atoms with van der Waals surface area (Å²) in [5, 5.41) is 20.5. The van der Waals surface area contributed by atoms with Gasteiger partial charge in [0.15, 0.2) is 5.01 Å². The van der Waals surface area contributed by atoms with Crippen molar-refractivity contribution in [3.8, 4) is 10.6 Å². The van der Waals surface area contributed by atoms with Crippen LogP contribution in [0.25, 0.3) is 10.6 Å². The molecule has 0 saturated carbocycles. The number of rotatable bonds is 9. The Balaban J connectivity index is 1.71. The van der Waals surface area contributed by atoms with Gasteiger partial charge in [-0.3, -0.25) is 14.8 Å². The fourth-order valence-corrected chi connectivity index (χ4v) is 3.58. The number of amides is 2. The van der Waals surface area contributed by atoms with Gasteiger partial charge < -0.3 is 5.32 Å². The standard InChI is InChI=1S/C16H19BrN4O3S/c17-12-8-6-5-7-11(12)15-19-20-16(25-15)18-13(22)9-3-1-2-4-10-14(23)21-24/h5-8,24H,1-4,9-10H2,(H,21,23)(H,18,20,22). The predicted octanol–water partition coefficient (Wildman–Crippen LogP) is 3.75. The third-order valence-corrected chi connectivity index (χ3v) is 5.02. The van der Waals surface area contributed by atoms with E-state index < -0.39 is 0 Å². The zero-order valence-electron chi connectivity index (χ0n) is 13.5. The van der Waals surface area contributed by atoms with Gasteiger partial charge >= 0.3 is 0 Å². The van der Waals surface area contributed by atoms with Crippen LogP contribution >= 0.6 is 27.3 Å². The van der Waals surface area contributed by atoms with Gasteiger partial charge in [0.1, 0.15) is 0 Å². The highest BCUT2D eigenvalue weighted by Crippen LogP contribution is 2.31. The Morgan fingerprint density at radius 2 is 1.72 bits per heavy atom. The number of carbonyl (C=O) groups is 2. The van der Waals surface area contributed by atoms with Crippen molar-refractivity contribution < 1.29 is 14.8 Å². The average molecular weight is 427 g/mol. The summed E-state index contributed by atoms with van der Waals surface area (Å²) in [5.41, 5.74) is 2.54. The molecule has 25 heavy (non-hydrogen) atoms. The molecule has 3 N–H and O–H groups in total. The fraction of sp³-hybridized carbons (Fsp3) is 0.375. The van der Waals surface area contributed by atoms with E-state index in [9.17, 15) is 9.59 Å². The van der Waals surface area contributed by atoms with Crippen molar-refractivity contribution in [2.75, 3.05) is 5.32 Å². The molecule has 0 atom stereocenters. The molecule has 1 aromatic heterocycles. The van der Waals surface area contributed by atoms with Crippen molar-refractivity contribution in [1.29, 1.82) is 0 Å². The number of hydroxylamine groups is 1. The Morgan fingerprint density at radius 3 is 2.40 bits per heavy atom. The van der Waals surface area contributed by atoms with Crippen molar-refractivity contribution in [1.82, 2.24) is 15.7 Å². The first kappa shape index (κ1) is 19.5. The normalized spacial score (nSPS) is 10.5.